The minimum absolute atomic E-state index is 0.169. The highest BCUT2D eigenvalue weighted by Crippen LogP contribution is 2.25. The fourth-order valence-corrected chi connectivity index (χ4v) is 3.64. The van der Waals surface area contributed by atoms with Gasteiger partial charge in [-0.1, -0.05) is 0 Å². The van der Waals surface area contributed by atoms with Gasteiger partial charge in [0.25, 0.3) is 0 Å². The Morgan fingerprint density at radius 1 is 1.53 bits per heavy atom. The molecular formula is C10H13FN2O3S. The Morgan fingerprint density at radius 2 is 2.29 bits per heavy atom. The minimum atomic E-state index is -3.75. The van der Waals surface area contributed by atoms with E-state index in [9.17, 15) is 12.8 Å². The molecule has 1 aliphatic heterocycles. The van der Waals surface area contributed by atoms with E-state index in [1.165, 1.54) is 4.31 Å². The smallest absolute Gasteiger partial charge is 0.245 e. The number of hydrogen-bond acceptors (Lipinski definition) is 4. The summed E-state index contributed by atoms with van der Waals surface area (Å²) in [5.74, 6) is -0.689. The van der Waals surface area contributed by atoms with Crippen molar-refractivity contribution in [1.29, 1.82) is 0 Å². The van der Waals surface area contributed by atoms with Gasteiger partial charge in [0.05, 0.1) is 12.8 Å². The Bertz CT molecular complexity index is 506. The van der Waals surface area contributed by atoms with Gasteiger partial charge in [0.15, 0.2) is 0 Å². The van der Waals surface area contributed by atoms with Crippen molar-refractivity contribution in [2.75, 3.05) is 13.2 Å². The average molecular weight is 260 g/mol. The number of sulfonamides is 1. The second kappa shape index (κ2) is 4.67. The van der Waals surface area contributed by atoms with Crippen LogP contribution in [0, 0.1) is 5.82 Å². The number of aliphatic hydroxyl groups excluding tert-OH is 1. The van der Waals surface area contributed by atoms with Gasteiger partial charge in [0.2, 0.25) is 10.0 Å². The van der Waals surface area contributed by atoms with Gasteiger partial charge in [0, 0.05) is 18.8 Å². The fourth-order valence-electron chi connectivity index (χ4n) is 1.98. The largest absolute Gasteiger partial charge is 0.395 e. The van der Waals surface area contributed by atoms with Gasteiger partial charge in [-0.15, -0.1) is 0 Å². The first-order valence-corrected chi connectivity index (χ1v) is 6.73. The van der Waals surface area contributed by atoms with E-state index in [-0.39, 0.29) is 11.5 Å². The molecule has 0 spiro atoms. The summed E-state index contributed by atoms with van der Waals surface area (Å²) in [6.07, 6.45) is 3.39. The van der Waals surface area contributed by atoms with Crippen molar-refractivity contribution in [2.45, 2.75) is 23.8 Å². The van der Waals surface area contributed by atoms with Crippen molar-refractivity contribution < 1.29 is 17.9 Å². The number of halogens is 1. The summed E-state index contributed by atoms with van der Waals surface area (Å²) in [4.78, 5) is 3.36. The maximum atomic E-state index is 13.0. The van der Waals surface area contributed by atoms with Crippen LogP contribution < -0.4 is 0 Å². The second-order valence-corrected chi connectivity index (χ2v) is 5.82. The van der Waals surface area contributed by atoms with Crippen molar-refractivity contribution in [3.8, 4) is 0 Å². The maximum Gasteiger partial charge on any atom is 0.245 e. The van der Waals surface area contributed by atoms with Gasteiger partial charge in [-0.05, 0) is 18.9 Å². The molecule has 1 aromatic heterocycles. The standard InChI is InChI=1S/C10H13FN2O3S/c11-8-4-10(6-12-5-8)17(15,16)13-3-1-2-9(13)7-14/h4-6,9,14H,1-3,7H2/t9-/m0/s1. The molecule has 1 fully saturated rings. The maximum absolute atomic E-state index is 13.0. The zero-order valence-corrected chi connectivity index (χ0v) is 9.90. The fraction of sp³-hybridized carbons (Fsp3) is 0.500. The number of rotatable bonds is 3. The number of aliphatic hydroxyl groups is 1. The van der Waals surface area contributed by atoms with Crippen LogP contribution in [-0.4, -0.2) is 42.0 Å². The topological polar surface area (TPSA) is 70.5 Å². The Morgan fingerprint density at radius 3 is 2.94 bits per heavy atom. The van der Waals surface area contributed by atoms with Crippen LogP contribution >= 0.6 is 0 Å². The molecule has 2 rings (SSSR count). The molecule has 1 atom stereocenters. The number of pyridine rings is 1. The summed E-state index contributed by atoms with van der Waals surface area (Å²) in [5.41, 5.74) is 0. The number of hydrogen-bond donors (Lipinski definition) is 1. The van der Waals surface area contributed by atoms with E-state index in [0.717, 1.165) is 18.5 Å². The molecule has 5 nitrogen and oxygen atoms in total. The van der Waals surface area contributed by atoms with Crippen LogP contribution in [0.15, 0.2) is 23.4 Å². The van der Waals surface area contributed by atoms with Gasteiger partial charge in [-0.2, -0.15) is 4.31 Å². The highest BCUT2D eigenvalue weighted by atomic mass is 32.2. The van der Waals surface area contributed by atoms with Gasteiger partial charge in [0.1, 0.15) is 10.7 Å². The molecule has 1 aliphatic rings. The average Bonchev–Trinajstić information content (AvgIpc) is 2.77. The molecule has 0 unspecified atom stereocenters. The lowest BCUT2D eigenvalue weighted by atomic mass is 10.2. The van der Waals surface area contributed by atoms with Crippen LogP contribution in [-0.2, 0) is 10.0 Å². The molecule has 0 aromatic carbocycles. The second-order valence-electron chi connectivity index (χ2n) is 3.93. The van der Waals surface area contributed by atoms with Crippen molar-refractivity contribution in [1.82, 2.24) is 9.29 Å². The molecular weight excluding hydrogens is 247 g/mol. The van der Waals surface area contributed by atoms with E-state index in [1.54, 1.807) is 0 Å². The number of nitrogens with zero attached hydrogens (tertiary/aromatic N) is 2. The lowest BCUT2D eigenvalue weighted by molar-refractivity contribution is 0.213. The third kappa shape index (κ3) is 2.31. The van der Waals surface area contributed by atoms with Crippen LogP contribution in [0.2, 0.25) is 0 Å². The van der Waals surface area contributed by atoms with Crippen molar-refractivity contribution in [3.63, 3.8) is 0 Å². The van der Waals surface area contributed by atoms with Gasteiger partial charge in [-0.25, -0.2) is 12.8 Å². The first-order valence-electron chi connectivity index (χ1n) is 5.29. The highest BCUT2D eigenvalue weighted by Gasteiger charge is 2.35. The summed E-state index contributed by atoms with van der Waals surface area (Å²) in [6, 6.07) is 0.526. The van der Waals surface area contributed by atoms with Crippen molar-refractivity contribution in [2.24, 2.45) is 0 Å². The molecule has 0 amide bonds. The molecule has 7 heteroatoms. The normalized spacial score (nSPS) is 21.9. The first-order chi connectivity index (χ1) is 8.05. The summed E-state index contributed by atoms with van der Waals surface area (Å²) in [5, 5.41) is 9.11. The zero-order chi connectivity index (χ0) is 12.5. The monoisotopic (exact) mass is 260 g/mol. The van der Waals surface area contributed by atoms with Crippen LogP contribution in [0.3, 0.4) is 0 Å². The van der Waals surface area contributed by atoms with Crippen LogP contribution in [0.5, 0.6) is 0 Å². The van der Waals surface area contributed by atoms with Gasteiger partial charge < -0.3 is 5.11 Å². The summed E-state index contributed by atoms with van der Waals surface area (Å²) in [6.45, 7) is 0.131. The van der Waals surface area contributed by atoms with Crippen LogP contribution in [0.1, 0.15) is 12.8 Å². The van der Waals surface area contributed by atoms with E-state index < -0.39 is 21.9 Å². The molecule has 0 aliphatic carbocycles. The van der Waals surface area contributed by atoms with Gasteiger partial charge >= 0.3 is 0 Å². The lowest BCUT2D eigenvalue weighted by Crippen LogP contribution is -2.37. The lowest BCUT2D eigenvalue weighted by Gasteiger charge is -2.22. The van der Waals surface area contributed by atoms with E-state index in [2.05, 4.69) is 4.98 Å². The van der Waals surface area contributed by atoms with Crippen molar-refractivity contribution in [3.05, 3.63) is 24.3 Å². The molecule has 0 bridgehead atoms. The molecule has 0 saturated carbocycles. The molecule has 17 heavy (non-hydrogen) atoms. The third-order valence-corrected chi connectivity index (χ3v) is 4.74. The Hall–Kier alpha value is -1.05. The Kier molecular flexibility index (Phi) is 3.41. The quantitative estimate of drug-likeness (QED) is 0.852. The highest BCUT2D eigenvalue weighted by molar-refractivity contribution is 7.89. The molecule has 0 radical (unpaired) electrons. The summed E-state index contributed by atoms with van der Waals surface area (Å²) < 4.78 is 38.5. The van der Waals surface area contributed by atoms with Crippen LogP contribution in [0.4, 0.5) is 4.39 Å². The van der Waals surface area contributed by atoms with E-state index in [4.69, 9.17) is 5.11 Å². The molecule has 1 saturated heterocycles. The predicted octanol–water partition coefficient (Wildman–Crippen LogP) is 0.366. The van der Waals surface area contributed by atoms with Gasteiger partial charge in [-0.3, -0.25) is 4.98 Å². The SMILES string of the molecule is O=S(=O)(c1cncc(F)c1)N1CCC[C@H]1CO. The van der Waals surface area contributed by atoms with E-state index in [0.29, 0.717) is 19.4 Å². The molecule has 94 valence electrons. The van der Waals surface area contributed by atoms with E-state index in [1.807, 2.05) is 0 Å². The first kappa shape index (κ1) is 12.4. The summed E-state index contributed by atoms with van der Waals surface area (Å²) >= 11 is 0. The molecule has 1 aromatic rings. The van der Waals surface area contributed by atoms with E-state index >= 15 is 0 Å². The Labute approximate surface area is 99.0 Å². The van der Waals surface area contributed by atoms with Crippen molar-refractivity contribution >= 4 is 10.0 Å². The summed E-state index contributed by atoms with van der Waals surface area (Å²) in [7, 11) is -3.75. The number of aromatic nitrogens is 1. The zero-order valence-electron chi connectivity index (χ0n) is 9.08. The predicted molar refractivity (Wildman–Crippen MR) is 58.2 cm³/mol. The Balaban J connectivity index is 2.36. The minimum Gasteiger partial charge on any atom is -0.395 e. The molecule has 1 N–H and O–H groups in total. The molecule has 2 heterocycles. The third-order valence-electron chi connectivity index (χ3n) is 2.82. The van der Waals surface area contributed by atoms with Crippen LogP contribution in [0.25, 0.3) is 0 Å².